The molecular formula is C14H11NO3. The zero-order chi connectivity index (χ0) is 13.0. The summed E-state index contributed by atoms with van der Waals surface area (Å²) < 4.78 is 0. The van der Waals surface area contributed by atoms with Crippen molar-refractivity contribution in [1.82, 2.24) is 4.98 Å². The molecule has 0 aliphatic heterocycles. The lowest BCUT2D eigenvalue weighted by molar-refractivity contribution is 0.104. The average Bonchev–Trinajstić information content (AvgIpc) is 2.41. The number of rotatable bonds is 3. The van der Waals surface area contributed by atoms with E-state index in [1.807, 2.05) is 6.07 Å². The van der Waals surface area contributed by atoms with Gasteiger partial charge >= 0.3 is 0 Å². The van der Waals surface area contributed by atoms with Crippen molar-refractivity contribution in [3.63, 3.8) is 0 Å². The first-order valence-corrected chi connectivity index (χ1v) is 5.36. The quantitative estimate of drug-likeness (QED) is 0.637. The molecule has 1 aromatic carbocycles. The molecule has 0 saturated carbocycles. The van der Waals surface area contributed by atoms with Crippen LogP contribution in [0.5, 0.6) is 5.75 Å². The molecule has 4 nitrogen and oxygen atoms in total. The number of aromatic amines is 1. The van der Waals surface area contributed by atoms with Gasteiger partial charge in [0.2, 0.25) is 5.43 Å². The number of aromatic hydroxyl groups is 1. The Morgan fingerprint density at radius 3 is 2.61 bits per heavy atom. The van der Waals surface area contributed by atoms with Crippen LogP contribution in [-0.4, -0.2) is 15.9 Å². The standard InChI is InChI=1S/C14H11NO3/c16-12(10-4-2-1-3-5-10)7-6-11-8-13(17)14(18)9-15-11/h1-9,18H,(H,15,17). The molecule has 18 heavy (non-hydrogen) atoms. The van der Waals surface area contributed by atoms with E-state index in [1.165, 1.54) is 24.4 Å². The van der Waals surface area contributed by atoms with Crippen LogP contribution in [0.2, 0.25) is 0 Å². The summed E-state index contributed by atoms with van der Waals surface area (Å²) in [7, 11) is 0. The van der Waals surface area contributed by atoms with Gasteiger partial charge < -0.3 is 10.1 Å². The molecule has 0 spiro atoms. The summed E-state index contributed by atoms with van der Waals surface area (Å²) in [6, 6.07) is 10.0. The van der Waals surface area contributed by atoms with Gasteiger partial charge in [0.1, 0.15) is 0 Å². The van der Waals surface area contributed by atoms with Gasteiger partial charge in [-0.1, -0.05) is 30.3 Å². The van der Waals surface area contributed by atoms with Crippen LogP contribution in [-0.2, 0) is 0 Å². The highest BCUT2D eigenvalue weighted by atomic mass is 16.3. The number of allylic oxidation sites excluding steroid dienone is 1. The highest BCUT2D eigenvalue weighted by Gasteiger charge is 2.00. The first kappa shape index (κ1) is 11.9. The van der Waals surface area contributed by atoms with Gasteiger partial charge in [-0.05, 0) is 12.2 Å². The largest absolute Gasteiger partial charge is 0.503 e. The first-order chi connectivity index (χ1) is 8.66. The maximum Gasteiger partial charge on any atom is 0.223 e. The van der Waals surface area contributed by atoms with E-state index in [9.17, 15) is 9.59 Å². The van der Waals surface area contributed by atoms with Crippen LogP contribution >= 0.6 is 0 Å². The summed E-state index contributed by atoms with van der Waals surface area (Å²) in [6.45, 7) is 0. The number of hydrogen-bond donors (Lipinski definition) is 2. The molecule has 2 N–H and O–H groups in total. The number of aromatic nitrogens is 1. The van der Waals surface area contributed by atoms with Crippen LogP contribution < -0.4 is 5.43 Å². The SMILES string of the molecule is O=C(C=Cc1cc(=O)c(O)c[nH]1)c1ccccc1. The van der Waals surface area contributed by atoms with Crippen molar-refractivity contribution in [3.05, 3.63) is 70.2 Å². The van der Waals surface area contributed by atoms with Gasteiger partial charge in [0.15, 0.2) is 11.5 Å². The Kier molecular flexibility index (Phi) is 3.38. The fourth-order valence-corrected chi connectivity index (χ4v) is 1.44. The maximum absolute atomic E-state index is 11.7. The Morgan fingerprint density at radius 2 is 1.94 bits per heavy atom. The van der Waals surface area contributed by atoms with Crippen molar-refractivity contribution in [3.8, 4) is 5.75 Å². The molecule has 0 atom stereocenters. The second kappa shape index (κ2) is 5.14. The molecule has 0 bridgehead atoms. The third-order valence-electron chi connectivity index (χ3n) is 2.39. The summed E-state index contributed by atoms with van der Waals surface area (Å²) in [4.78, 5) is 25.6. The van der Waals surface area contributed by atoms with Crippen LogP contribution in [0.3, 0.4) is 0 Å². The minimum absolute atomic E-state index is 0.149. The summed E-state index contributed by atoms with van der Waals surface area (Å²) in [5.41, 5.74) is 0.553. The molecule has 0 aliphatic rings. The van der Waals surface area contributed by atoms with Crippen molar-refractivity contribution in [2.75, 3.05) is 0 Å². The number of benzene rings is 1. The second-order valence-corrected chi connectivity index (χ2v) is 3.70. The predicted octanol–water partition coefficient (Wildman–Crippen LogP) is 1.98. The first-order valence-electron chi connectivity index (χ1n) is 5.36. The number of ketones is 1. The van der Waals surface area contributed by atoms with E-state index >= 15 is 0 Å². The molecular weight excluding hydrogens is 230 g/mol. The maximum atomic E-state index is 11.7. The van der Waals surface area contributed by atoms with Crippen molar-refractivity contribution in [1.29, 1.82) is 0 Å². The van der Waals surface area contributed by atoms with E-state index in [0.29, 0.717) is 11.3 Å². The van der Waals surface area contributed by atoms with Gasteiger partial charge in [-0.15, -0.1) is 0 Å². The van der Waals surface area contributed by atoms with Gasteiger partial charge in [-0.2, -0.15) is 0 Å². The summed E-state index contributed by atoms with van der Waals surface area (Å²) >= 11 is 0. The molecule has 0 unspecified atom stereocenters. The molecule has 2 rings (SSSR count). The number of pyridine rings is 1. The normalized spacial score (nSPS) is 10.7. The smallest absolute Gasteiger partial charge is 0.223 e. The molecule has 0 radical (unpaired) electrons. The monoisotopic (exact) mass is 241 g/mol. The van der Waals surface area contributed by atoms with Crippen LogP contribution in [0.4, 0.5) is 0 Å². The highest BCUT2D eigenvalue weighted by Crippen LogP contribution is 2.04. The van der Waals surface area contributed by atoms with Crippen molar-refractivity contribution in [2.24, 2.45) is 0 Å². The number of H-pyrrole nitrogens is 1. The zero-order valence-electron chi connectivity index (χ0n) is 9.46. The zero-order valence-corrected chi connectivity index (χ0v) is 9.46. The predicted molar refractivity (Wildman–Crippen MR) is 68.5 cm³/mol. The Morgan fingerprint density at radius 1 is 1.22 bits per heavy atom. The third kappa shape index (κ3) is 2.74. The lowest BCUT2D eigenvalue weighted by Gasteiger charge is -1.96. The molecule has 90 valence electrons. The summed E-state index contributed by atoms with van der Waals surface area (Å²) in [5, 5.41) is 9.06. The lowest BCUT2D eigenvalue weighted by atomic mass is 10.1. The van der Waals surface area contributed by atoms with Crippen molar-refractivity contribution in [2.45, 2.75) is 0 Å². The van der Waals surface area contributed by atoms with Crippen molar-refractivity contribution < 1.29 is 9.90 Å². The molecule has 0 fully saturated rings. The number of carbonyl (C=O) groups excluding carboxylic acids is 1. The topological polar surface area (TPSA) is 70.2 Å². The van der Waals surface area contributed by atoms with E-state index < -0.39 is 5.43 Å². The van der Waals surface area contributed by atoms with E-state index in [4.69, 9.17) is 5.11 Å². The molecule has 0 saturated heterocycles. The number of hydrogen-bond acceptors (Lipinski definition) is 3. The third-order valence-corrected chi connectivity index (χ3v) is 2.39. The van der Waals surface area contributed by atoms with Gasteiger partial charge in [0, 0.05) is 23.5 Å². The molecule has 0 amide bonds. The molecule has 0 aliphatic carbocycles. The van der Waals surface area contributed by atoms with E-state index in [0.717, 1.165) is 0 Å². The fourth-order valence-electron chi connectivity index (χ4n) is 1.44. The lowest BCUT2D eigenvalue weighted by Crippen LogP contribution is -2.00. The van der Waals surface area contributed by atoms with Crippen LogP contribution in [0.15, 0.2) is 53.5 Å². The average molecular weight is 241 g/mol. The van der Waals surface area contributed by atoms with E-state index in [1.54, 1.807) is 24.3 Å². The van der Waals surface area contributed by atoms with Gasteiger partial charge in [0.25, 0.3) is 0 Å². The number of nitrogens with one attached hydrogen (secondary N) is 1. The summed E-state index contributed by atoms with van der Waals surface area (Å²) in [6.07, 6.45) is 4.06. The molecule has 1 aromatic heterocycles. The molecule has 1 heterocycles. The second-order valence-electron chi connectivity index (χ2n) is 3.70. The highest BCUT2D eigenvalue weighted by molar-refractivity contribution is 6.06. The minimum atomic E-state index is -0.486. The van der Waals surface area contributed by atoms with E-state index in [-0.39, 0.29) is 11.5 Å². The van der Waals surface area contributed by atoms with E-state index in [2.05, 4.69) is 4.98 Å². The summed E-state index contributed by atoms with van der Waals surface area (Å²) in [5.74, 6) is -0.494. The van der Waals surface area contributed by atoms with Crippen LogP contribution in [0.25, 0.3) is 6.08 Å². The van der Waals surface area contributed by atoms with Crippen LogP contribution in [0.1, 0.15) is 16.1 Å². The Bertz CT molecular complexity index is 642. The molecule has 4 heteroatoms. The molecule has 2 aromatic rings. The van der Waals surface area contributed by atoms with Gasteiger partial charge in [-0.3, -0.25) is 9.59 Å². The Labute approximate surface area is 103 Å². The minimum Gasteiger partial charge on any atom is -0.503 e. The van der Waals surface area contributed by atoms with Gasteiger partial charge in [-0.25, -0.2) is 0 Å². The van der Waals surface area contributed by atoms with Crippen LogP contribution in [0, 0.1) is 0 Å². The van der Waals surface area contributed by atoms with Gasteiger partial charge in [0.05, 0.1) is 0 Å². The Hall–Kier alpha value is -2.62. The number of carbonyl (C=O) groups is 1. The van der Waals surface area contributed by atoms with Crippen molar-refractivity contribution >= 4 is 11.9 Å². The fraction of sp³-hybridized carbons (Fsp3) is 0. The Balaban J connectivity index is 2.19.